The summed E-state index contributed by atoms with van der Waals surface area (Å²) in [6.45, 7) is 4.26. The van der Waals surface area contributed by atoms with Crippen LogP contribution in [-0.2, 0) is 14.4 Å². The van der Waals surface area contributed by atoms with E-state index in [1.54, 1.807) is 16.7 Å². The number of thioether (sulfide) groups is 1. The van der Waals surface area contributed by atoms with Crippen molar-refractivity contribution in [2.24, 2.45) is 11.8 Å². The van der Waals surface area contributed by atoms with Gasteiger partial charge in [0, 0.05) is 35.0 Å². The number of likely N-dealkylation sites (tertiary alicyclic amines) is 1. The van der Waals surface area contributed by atoms with Crippen LogP contribution in [0.15, 0.2) is 30.3 Å². The molecule has 0 radical (unpaired) electrons. The minimum Gasteiger partial charge on any atom is -0.396 e. The highest BCUT2D eigenvalue weighted by Gasteiger charge is 2.75. The lowest BCUT2D eigenvalue weighted by molar-refractivity contribution is -0.139. The number of aliphatic hydroxyl groups is 1. The van der Waals surface area contributed by atoms with Crippen molar-refractivity contribution in [1.82, 2.24) is 10.2 Å². The van der Waals surface area contributed by atoms with Crippen LogP contribution in [0.2, 0.25) is 0 Å². The van der Waals surface area contributed by atoms with Crippen LogP contribution in [0.4, 0.5) is 5.69 Å². The van der Waals surface area contributed by atoms with Gasteiger partial charge in [-0.3, -0.25) is 14.4 Å². The van der Waals surface area contributed by atoms with E-state index in [9.17, 15) is 19.5 Å². The second-order valence-corrected chi connectivity index (χ2v) is 11.9. The predicted octanol–water partition coefficient (Wildman–Crippen LogP) is 2.39. The van der Waals surface area contributed by atoms with Crippen LogP contribution in [0.5, 0.6) is 0 Å². The zero-order valence-electron chi connectivity index (χ0n) is 18.3. The number of hydrogen-bond acceptors (Lipinski definition) is 5. The Morgan fingerprint density at radius 2 is 1.97 bits per heavy atom. The van der Waals surface area contributed by atoms with Gasteiger partial charge in [-0.1, -0.05) is 34.1 Å². The van der Waals surface area contributed by atoms with Gasteiger partial charge in [-0.15, -0.1) is 11.8 Å². The summed E-state index contributed by atoms with van der Waals surface area (Å²) >= 11 is 5.39. The maximum Gasteiger partial charge on any atom is 0.244 e. The average Bonchev–Trinajstić information content (AvgIpc) is 3.32. The molecule has 3 heterocycles. The third-order valence-corrected chi connectivity index (χ3v) is 9.84. The number of nitrogens with zero attached hydrogens (tertiary/aromatic N) is 1. The number of rotatable bonds is 8. The van der Waals surface area contributed by atoms with Gasteiger partial charge in [-0.05, 0) is 45.2 Å². The van der Waals surface area contributed by atoms with Crippen LogP contribution >= 0.6 is 27.7 Å². The monoisotopic (exact) mass is 523 g/mol. The molecule has 0 aromatic heterocycles. The SMILES string of the molecule is CC(C)NC(=O)C1N(CCCCO)C(=O)[C@@H]2[C@@H](C(=O)Nc3ccccc3)[C@@H]3SC12CC3Br. The molecule has 2 bridgehead atoms. The molecule has 1 aromatic rings. The summed E-state index contributed by atoms with van der Waals surface area (Å²) in [6, 6.07) is 8.59. The molecule has 1 spiro atoms. The highest BCUT2D eigenvalue weighted by Crippen LogP contribution is 2.67. The fourth-order valence-electron chi connectivity index (χ4n) is 5.47. The van der Waals surface area contributed by atoms with Crippen molar-refractivity contribution in [3.05, 3.63) is 30.3 Å². The number of carbonyl (C=O) groups is 3. The van der Waals surface area contributed by atoms with Gasteiger partial charge in [0.2, 0.25) is 17.7 Å². The summed E-state index contributed by atoms with van der Waals surface area (Å²) in [5.41, 5.74) is 0.699. The summed E-state index contributed by atoms with van der Waals surface area (Å²) in [5, 5.41) is 15.1. The third kappa shape index (κ3) is 3.96. The van der Waals surface area contributed by atoms with E-state index in [2.05, 4.69) is 26.6 Å². The number of alkyl halides is 1. The third-order valence-electron chi connectivity index (χ3n) is 6.62. The first-order valence-corrected chi connectivity index (χ1v) is 13.0. The summed E-state index contributed by atoms with van der Waals surface area (Å²) < 4.78 is -0.632. The van der Waals surface area contributed by atoms with E-state index in [1.165, 1.54) is 0 Å². The molecule has 7 nitrogen and oxygen atoms in total. The Bertz CT molecular complexity index is 885. The summed E-state index contributed by atoms with van der Waals surface area (Å²) in [5.74, 6) is -1.49. The van der Waals surface area contributed by atoms with Crippen molar-refractivity contribution in [1.29, 1.82) is 0 Å². The highest BCUT2D eigenvalue weighted by atomic mass is 79.9. The normalized spacial score (nSPS) is 33.0. The number of aliphatic hydroxyl groups excluding tert-OH is 1. The molecule has 32 heavy (non-hydrogen) atoms. The van der Waals surface area contributed by atoms with Gasteiger partial charge >= 0.3 is 0 Å². The van der Waals surface area contributed by atoms with E-state index in [-0.39, 0.29) is 40.4 Å². The summed E-state index contributed by atoms with van der Waals surface area (Å²) in [4.78, 5) is 42.2. The smallest absolute Gasteiger partial charge is 0.244 e. The highest BCUT2D eigenvalue weighted by molar-refractivity contribution is 9.09. The van der Waals surface area contributed by atoms with Gasteiger partial charge in [0.25, 0.3) is 0 Å². The van der Waals surface area contributed by atoms with E-state index >= 15 is 0 Å². The van der Waals surface area contributed by atoms with E-state index in [1.807, 2.05) is 44.2 Å². The van der Waals surface area contributed by atoms with Gasteiger partial charge in [0.1, 0.15) is 6.04 Å². The van der Waals surface area contributed by atoms with E-state index in [0.717, 1.165) is 0 Å². The number of amides is 3. The van der Waals surface area contributed by atoms with Crippen LogP contribution < -0.4 is 10.6 Å². The largest absolute Gasteiger partial charge is 0.396 e. The first-order valence-electron chi connectivity index (χ1n) is 11.2. The zero-order chi connectivity index (χ0) is 23.0. The first kappa shape index (κ1) is 23.6. The van der Waals surface area contributed by atoms with Crippen molar-refractivity contribution in [3.63, 3.8) is 0 Å². The predicted molar refractivity (Wildman–Crippen MR) is 129 cm³/mol. The maximum absolute atomic E-state index is 13.7. The molecule has 3 unspecified atom stereocenters. The number of fused-ring (bicyclic) bond motifs is 1. The molecule has 1 aromatic carbocycles. The number of para-hydroxylation sites is 1. The molecule has 3 aliphatic rings. The molecule has 4 rings (SSSR count). The number of anilines is 1. The zero-order valence-corrected chi connectivity index (χ0v) is 20.7. The van der Waals surface area contributed by atoms with Gasteiger partial charge in [-0.2, -0.15) is 0 Å². The molecule has 9 heteroatoms. The number of benzene rings is 1. The topological polar surface area (TPSA) is 98.7 Å². The molecule has 3 N–H and O–H groups in total. The molecule has 174 valence electrons. The molecule has 3 aliphatic heterocycles. The van der Waals surface area contributed by atoms with Crippen molar-refractivity contribution in [2.75, 3.05) is 18.5 Å². The molecule has 0 aliphatic carbocycles. The minimum absolute atomic E-state index is 0.0435. The van der Waals surface area contributed by atoms with Crippen molar-refractivity contribution < 1.29 is 19.5 Å². The number of carbonyl (C=O) groups excluding carboxylic acids is 3. The van der Waals surface area contributed by atoms with Crippen LogP contribution in [0.1, 0.15) is 33.1 Å². The van der Waals surface area contributed by atoms with Crippen molar-refractivity contribution in [2.45, 2.75) is 60.0 Å². The maximum atomic E-state index is 13.7. The lowest BCUT2D eigenvalue weighted by Gasteiger charge is -2.35. The molecular formula is C23H30BrN3O4S. The Balaban J connectivity index is 1.67. The van der Waals surface area contributed by atoms with Crippen molar-refractivity contribution in [3.8, 4) is 0 Å². The Kier molecular flexibility index (Phi) is 6.89. The average molecular weight is 524 g/mol. The minimum atomic E-state index is -0.632. The molecule has 3 saturated heterocycles. The van der Waals surface area contributed by atoms with Gasteiger partial charge in [0.05, 0.1) is 16.6 Å². The van der Waals surface area contributed by atoms with Gasteiger partial charge < -0.3 is 20.6 Å². The standard InChI is InChI=1S/C23H30BrN3O4S/c1-13(2)25-21(30)19-23-12-15(24)18(32-23)16(20(29)26-14-8-4-3-5-9-14)17(23)22(31)27(19)10-6-7-11-28/h3-5,8-9,13,15-19,28H,6-7,10-12H2,1-2H3,(H,25,30)(H,26,29)/t15?,16-,17+,18-,19?,23?/m1/s1. The van der Waals surface area contributed by atoms with Crippen LogP contribution in [0.25, 0.3) is 0 Å². The number of nitrogens with one attached hydrogen (secondary N) is 2. The molecule has 3 amide bonds. The fourth-order valence-corrected chi connectivity index (χ4v) is 9.09. The van der Waals surface area contributed by atoms with Gasteiger partial charge in [0.15, 0.2) is 0 Å². The Morgan fingerprint density at radius 3 is 2.62 bits per heavy atom. The van der Waals surface area contributed by atoms with E-state index in [4.69, 9.17) is 0 Å². The fraction of sp³-hybridized carbons (Fsp3) is 0.609. The lowest BCUT2D eigenvalue weighted by atomic mass is 9.70. The van der Waals surface area contributed by atoms with Crippen molar-refractivity contribution >= 4 is 51.1 Å². The Hall–Kier alpha value is -1.58. The number of hydrogen-bond donors (Lipinski definition) is 3. The Morgan fingerprint density at radius 1 is 1.25 bits per heavy atom. The first-order chi connectivity index (χ1) is 15.3. The number of halogens is 1. The number of unbranched alkanes of at least 4 members (excludes halogenated alkanes) is 1. The van der Waals surface area contributed by atoms with E-state index in [0.29, 0.717) is 31.5 Å². The quantitative estimate of drug-likeness (QED) is 0.359. The molecular weight excluding hydrogens is 494 g/mol. The second-order valence-electron chi connectivity index (χ2n) is 9.14. The van der Waals surface area contributed by atoms with Crippen LogP contribution in [0, 0.1) is 11.8 Å². The molecule has 3 fully saturated rings. The summed E-state index contributed by atoms with van der Waals surface area (Å²) in [6.07, 6.45) is 1.85. The summed E-state index contributed by atoms with van der Waals surface area (Å²) in [7, 11) is 0. The second kappa shape index (κ2) is 9.35. The van der Waals surface area contributed by atoms with Crippen LogP contribution in [-0.4, -0.2) is 67.8 Å². The van der Waals surface area contributed by atoms with Crippen LogP contribution in [0.3, 0.4) is 0 Å². The molecule has 0 saturated carbocycles. The molecule has 6 atom stereocenters. The Labute approximate surface area is 201 Å². The van der Waals surface area contributed by atoms with Gasteiger partial charge in [-0.25, -0.2) is 0 Å². The lowest BCUT2D eigenvalue weighted by Crippen LogP contribution is -2.55. The van der Waals surface area contributed by atoms with E-state index < -0.39 is 22.6 Å².